The summed E-state index contributed by atoms with van der Waals surface area (Å²) in [6.07, 6.45) is -4.85. The minimum absolute atomic E-state index is 0.0159. The van der Waals surface area contributed by atoms with Gasteiger partial charge in [-0.3, -0.25) is 9.69 Å². The molecular weight excluding hydrogens is 425 g/mol. The van der Waals surface area contributed by atoms with Crippen LogP contribution in [0.15, 0.2) is 30.3 Å². The number of para-hydroxylation sites is 1. The van der Waals surface area contributed by atoms with Crippen molar-refractivity contribution < 1.29 is 27.9 Å². The zero-order chi connectivity index (χ0) is 22.2. The molecule has 0 saturated carbocycles. The Hall–Kier alpha value is -3.01. The average Bonchev–Trinajstić information content (AvgIpc) is 2.96. The van der Waals surface area contributed by atoms with E-state index in [1.807, 2.05) is 0 Å². The van der Waals surface area contributed by atoms with Crippen molar-refractivity contribution in [1.82, 2.24) is 4.98 Å². The topological polar surface area (TPSA) is 109 Å². The van der Waals surface area contributed by atoms with Crippen LogP contribution in [0.2, 0.25) is 5.02 Å². The SMILES string of the molecule is Cc1cc(C(F)(F)F)cc(N2C(=O)C[C@H](CNc3c(N)cccc3Cl)[C@H]2C(=O)O)n1. The zero-order valence-corrected chi connectivity index (χ0v) is 16.5. The van der Waals surface area contributed by atoms with E-state index in [0.717, 1.165) is 11.0 Å². The Morgan fingerprint density at radius 2 is 2.10 bits per heavy atom. The molecule has 1 aromatic heterocycles. The van der Waals surface area contributed by atoms with Crippen LogP contribution in [-0.4, -0.2) is 34.6 Å². The highest BCUT2D eigenvalue weighted by molar-refractivity contribution is 6.33. The molecule has 1 aromatic carbocycles. The summed E-state index contributed by atoms with van der Waals surface area (Å²) in [6, 6.07) is 4.96. The fourth-order valence-electron chi connectivity index (χ4n) is 3.46. The number of rotatable bonds is 5. The smallest absolute Gasteiger partial charge is 0.416 e. The van der Waals surface area contributed by atoms with Gasteiger partial charge in [-0.1, -0.05) is 17.7 Å². The lowest BCUT2D eigenvalue weighted by molar-refractivity contribution is -0.139. The van der Waals surface area contributed by atoms with Gasteiger partial charge in [0.2, 0.25) is 5.91 Å². The van der Waals surface area contributed by atoms with Gasteiger partial charge in [0.15, 0.2) is 0 Å². The molecule has 0 unspecified atom stereocenters. The lowest BCUT2D eigenvalue weighted by Gasteiger charge is -2.25. The molecule has 0 radical (unpaired) electrons. The largest absolute Gasteiger partial charge is 0.480 e. The highest BCUT2D eigenvalue weighted by Crippen LogP contribution is 2.36. The lowest BCUT2D eigenvalue weighted by atomic mass is 10.00. The Balaban J connectivity index is 1.91. The molecule has 2 aromatic rings. The summed E-state index contributed by atoms with van der Waals surface area (Å²) in [4.78, 5) is 29.3. The first-order valence-corrected chi connectivity index (χ1v) is 9.25. The van der Waals surface area contributed by atoms with E-state index in [1.165, 1.54) is 6.92 Å². The number of carbonyl (C=O) groups excluding carboxylic acids is 1. The van der Waals surface area contributed by atoms with Crippen LogP contribution in [0.4, 0.5) is 30.4 Å². The first-order valence-electron chi connectivity index (χ1n) is 8.87. The molecule has 0 bridgehead atoms. The summed E-state index contributed by atoms with van der Waals surface area (Å²) in [7, 11) is 0. The second kappa shape index (κ2) is 8.02. The third kappa shape index (κ3) is 4.28. The van der Waals surface area contributed by atoms with E-state index in [-0.39, 0.29) is 24.5 Å². The average molecular weight is 443 g/mol. The number of amides is 1. The minimum atomic E-state index is -4.66. The van der Waals surface area contributed by atoms with E-state index in [0.29, 0.717) is 22.5 Å². The van der Waals surface area contributed by atoms with Crippen molar-refractivity contribution in [3.63, 3.8) is 0 Å². The molecule has 2 heterocycles. The number of aryl methyl sites for hydroxylation is 1. The Bertz CT molecular complexity index is 979. The fraction of sp³-hybridized carbons (Fsp3) is 0.316. The third-order valence-electron chi connectivity index (χ3n) is 4.78. The molecule has 1 aliphatic heterocycles. The molecule has 2 atom stereocenters. The number of nitrogens with one attached hydrogen (secondary N) is 1. The van der Waals surface area contributed by atoms with Crippen molar-refractivity contribution in [3.05, 3.63) is 46.6 Å². The minimum Gasteiger partial charge on any atom is -0.480 e. The molecule has 1 aliphatic rings. The number of pyridine rings is 1. The zero-order valence-electron chi connectivity index (χ0n) is 15.7. The van der Waals surface area contributed by atoms with E-state index in [9.17, 15) is 27.9 Å². The maximum Gasteiger partial charge on any atom is 0.416 e. The number of carbonyl (C=O) groups is 2. The standard InChI is InChI=1S/C19H18ClF3N4O3/c1-9-5-11(19(21,22)23)7-14(26-9)27-15(28)6-10(17(27)18(29)30)8-25-16-12(20)3-2-4-13(16)24/h2-5,7,10,17,25H,6,8,24H2,1H3,(H,29,30)/t10-,17+/m1/s1. The van der Waals surface area contributed by atoms with Crippen LogP contribution in [0.1, 0.15) is 17.7 Å². The molecule has 4 N–H and O–H groups in total. The monoisotopic (exact) mass is 442 g/mol. The predicted molar refractivity (Wildman–Crippen MR) is 105 cm³/mol. The number of aromatic nitrogens is 1. The van der Waals surface area contributed by atoms with E-state index in [4.69, 9.17) is 17.3 Å². The molecule has 1 fully saturated rings. The van der Waals surface area contributed by atoms with Crippen LogP contribution in [-0.2, 0) is 15.8 Å². The summed E-state index contributed by atoms with van der Waals surface area (Å²) in [6.45, 7) is 1.36. The summed E-state index contributed by atoms with van der Waals surface area (Å²) >= 11 is 6.09. The van der Waals surface area contributed by atoms with Gasteiger partial charge < -0.3 is 16.2 Å². The molecule has 7 nitrogen and oxygen atoms in total. The van der Waals surface area contributed by atoms with Crippen molar-refractivity contribution in [3.8, 4) is 0 Å². The number of nitrogens with two attached hydrogens (primary N) is 1. The van der Waals surface area contributed by atoms with Gasteiger partial charge in [-0.15, -0.1) is 0 Å². The van der Waals surface area contributed by atoms with Gasteiger partial charge in [0.1, 0.15) is 11.9 Å². The number of anilines is 3. The second-order valence-electron chi connectivity index (χ2n) is 6.95. The first-order chi connectivity index (χ1) is 14.0. The van der Waals surface area contributed by atoms with Gasteiger partial charge in [-0.2, -0.15) is 13.2 Å². The molecule has 3 rings (SSSR count). The van der Waals surface area contributed by atoms with Crippen molar-refractivity contribution >= 4 is 40.7 Å². The number of hydrogen-bond acceptors (Lipinski definition) is 5. The number of carboxylic acids is 1. The summed E-state index contributed by atoms with van der Waals surface area (Å²) in [5.74, 6) is -3.08. The predicted octanol–water partition coefficient (Wildman–Crippen LogP) is 3.56. The second-order valence-corrected chi connectivity index (χ2v) is 7.36. The number of nitrogen functional groups attached to an aromatic ring is 1. The van der Waals surface area contributed by atoms with Crippen LogP contribution in [0.3, 0.4) is 0 Å². The number of hydrogen-bond donors (Lipinski definition) is 3. The van der Waals surface area contributed by atoms with Crippen molar-refractivity contribution in [2.75, 3.05) is 22.5 Å². The number of aliphatic carboxylic acids is 1. The number of benzene rings is 1. The maximum atomic E-state index is 13.2. The van der Waals surface area contributed by atoms with E-state index in [2.05, 4.69) is 10.3 Å². The number of carboxylic acid groups (broad SMARTS) is 1. The van der Waals surface area contributed by atoms with Crippen molar-refractivity contribution in [2.45, 2.75) is 25.6 Å². The Kier molecular flexibility index (Phi) is 5.80. The Labute approximate surface area is 174 Å². The highest BCUT2D eigenvalue weighted by Gasteiger charge is 2.46. The lowest BCUT2D eigenvalue weighted by Crippen LogP contribution is -2.43. The van der Waals surface area contributed by atoms with Crippen molar-refractivity contribution in [2.24, 2.45) is 5.92 Å². The van der Waals surface area contributed by atoms with Crippen LogP contribution in [0, 0.1) is 12.8 Å². The van der Waals surface area contributed by atoms with Gasteiger partial charge in [0, 0.05) is 24.6 Å². The third-order valence-corrected chi connectivity index (χ3v) is 5.10. The highest BCUT2D eigenvalue weighted by atomic mass is 35.5. The molecular formula is C19H18ClF3N4O3. The quantitative estimate of drug-likeness (QED) is 0.611. The molecule has 1 amide bonds. The van der Waals surface area contributed by atoms with Gasteiger partial charge >= 0.3 is 12.1 Å². The normalized spacial score (nSPS) is 19.2. The Morgan fingerprint density at radius 1 is 1.40 bits per heavy atom. The fourth-order valence-corrected chi connectivity index (χ4v) is 3.71. The summed E-state index contributed by atoms with van der Waals surface area (Å²) < 4.78 is 39.5. The van der Waals surface area contributed by atoms with E-state index < -0.39 is 35.6 Å². The molecule has 160 valence electrons. The van der Waals surface area contributed by atoms with Crippen LogP contribution >= 0.6 is 11.6 Å². The summed E-state index contributed by atoms with van der Waals surface area (Å²) in [5, 5.41) is 13.0. The van der Waals surface area contributed by atoms with Gasteiger partial charge in [0.25, 0.3) is 0 Å². The molecule has 0 aliphatic carbocycles. The first kappa shape index (κ1) is 21.7. The van der Waals surface area contributed by atoms with Gasteiger partial charge in [-0.05, 0) is 31.2 Å². The number of alkyl halides is 3. The Morgan fingerprint density at radius 3 is 2.70 bits per heavy atom. The molecule has 30 heavy (non-hydrogen) atoms. The summed E-state index contributed by atoms with van der Waals surface area (Å²) in [5.41, 5.74) is 5.60. The van der Waals surface area contributed by atoms with Crippen LogP contribution in [0.25, 0.3) is 0 Å². The molecule has 1 saturated heterocycles. The molecule has 11 heteroatoms. The molecule has 0 spiro atoms. The van der Waals surface area contributed by atoms with Gasteiger partial charge in [0.05, 0.1) is 22.0 Å². The number of nitrogens with zero attached hydrogens (tertiary/aromatic N) is 2. The maximum absolute atomic E-state index is 13.2. The van der Waals surface area contributed by atoms with Crippen LogP contribution in [0.5, 0.6) is 0 Å². The van der Waals surface area contributed by atoms with Crippen LogP contribution < -0.4 is 16.0 Å². The van der Waals surface area contributed by atoms with Crippen molar-refractivity contribution in [1.29, 1.82) is 0 Å². The number of halogens is 4. The van der Waals surface area contributed by atoms with E-state index >= 15 is 0 Å². The van der Waals surface area contributed by atoms with E-state index in [1.54, 1.807) is 18.2 Å². The van der Waals surface area contributed by atoms with Gasteiger partial charge in [-0.25, -0.2) is 9.78 Å².